The Morgan fingerprint density at radius 1 is 1.22 bits per heavy atom. The molecule has 138 valence electrons. The highest BCUT2D eigenvalue weighted by molar-refractivity contribution is 7.80. The molecule has 0 fully saturated rings. The van der Waals surface area contributed by atoms with Gasteiger partial charge in [0.05, 0.1) is 16.9 Å². The standard InChI is InChI=1S/C20H18ClFN4S/c1-14-4-6-15(7-5-14)13-26-10-2-3-17(26)12-23-25-20(27)24-16-8-9-19(22)18(21)11-16/h2-12H,13H2,1H3,(H2,24,25,27). The van der Waals surface area contributed by atoms with Gasteiger partial charge in [0.2, 0.25) is 0 Å². The van der Waals surface area contributed by atoms with Crippen molar-refractivity contribution in [3.63, 3.8) is 0 Å². The van der Waals surface area contributed by atoms with Crippen LogP contribution in [0.15, 0.2) is 65.9 Å². The lowest BCUT2D eigenvalue weighted by Gasteiger charge is -2.08. The van der Waals surface area contributed by atoms with Crippen molar-refractivity contribution in [2.45, 2.75) is 13.5 Å². The highest BCUT2D eigenvalue weighted by Gasteiger charge is 2.03. The average Bonchev–Trinajstić information content (AvgIpc) is 3.07. The van der Waals surface area contributed by atoms with E-state index in [1.165, 1.54) is 23.3 Å². The van der Waals surface area contributed by atoms with Gasteiger partial charge >= 0.3 is 0 Å². The molecule has 0 saturated heterocycles. The van der Waals surface area contributed by atoms with Crippen molar-refractivity contribution in [1.29, 1.82) is 0 Å². The Morgan fingerprint density at radius 3 is 2.74 bits per heavy atom. The predicted octanol–water partition coefficient (Wildman–Crippen LogP) is 4.96. The van der Waals surface area contributed by atoms with Gasteiger partial charge < -0.3 is 9.88 Å². The number of nitrogens with zero attached hydrogens (tertiary/aromatic N) is 2. The Balaban J connectivity index is 1.58. The minimum absolute atomic E-state index is 0.0280. The van der Waals surface area contributed by atoms with Crippen LogP contribution >= 0.6 is 23.8 Å². The molecule has 0 unspecified atom stereocenters. The van der Waals surface area contributed by atoms with Gasteiger partial charge in [0.1, 0.15) is 5.82 Å². The van der Waals surface area contributed by atoms with E-state index >= 15 is 0 Å². The molecule has 1 heterocycles. The first-order valence-corrected chi connectivity index (χ1v) is 9.06. The van der Waals surface area contributed by atoms with E-state index in [9.17, 15) is 4.39 Å². The van der Waals surface area contributed by atoms with Crippen LogP contribution < -0.4 is 10.7 Å². The molecule has 7 heteroatoms. The molecule has 3 aromatic rings. The molecule has 0 radical (unpaired) electrons. The minimum atomic E-state index is -0.478. The zero-order chi connectivity index (χ0) is 19.2. The van der Waals surface area contributed by atoms with E-state index in [0.717, 1.165) is 12.2 Å². The molecule has 1 aromatic heterocycles. The normalized spacial score (nSPS) is 10.9. The second-order valence-electron chi connectivity index (χ2n) is 6.00. The summed E-state index contributed by atoms with van der Waals surface area (Å²) in [6.45, 7) is 2.82. The topological polar surface area (TPSA) is 41.4 Å². The van der Waals surface area contributed by atoms with Gasteiger partial charge in [-0.15, -0.1) is 0 Å². The summed E-state index contributed by atoms with van der Waals surface area (Å²) in [6, 6.07) is 16.6. The number of hydrazone groups is 1. The first-order chi connectivity index (χ1) is 13.0. The van der Waals surface area contributed by atoms with Crippen LogP contribution in [0.5, 0.6) is 0 Å². The predicted molar refractivity (Wildman–Crippen MR) is 113 cm³/mol. The van der Waals surface area contributed by atoms with Crippen LogP contribution in [0.25, 0.3) is 0 Å². The maximum Gasteiger partial charge on any atom is 0.191 e. The second kappa shape index (κ2) is 8.79. The molecule has 2 N–H and O–H groups in total. The third-order valence-electron chi connectivity index (χ3n) is 3.88. The molecule has 27 heavy (non-hydrogen) atoms. The van der Waals surface area contributed by atoms with Crippen molar-refractivity contribution in [2.24, 2.45) is 5.10 Å². The van der Waals surface area contributed by atoms with Crippen molar-refractivity contribution in [3.05, 3.63) is 88.5 Å². The molecular weight excluding hydrogens is 383 g/mol. The van der Waals surface area contributed by atoms with E-state index in [1.54, 1.807) is 12.3 Å². The third kappa shape index (κ3) is 5.39. The number of hydrogen-bond acceptors (Lipinski definition) is 2. The molecule has 0 aliphatic heterocycles. The van der Waals surface area contributed by atoms with E-state index < -0.39 is 5.82 Å². The number of hydrogen-bond donors (Lipinski definition) is 2. The lowest BCUT2D eigenvalue weighted by molar-refractivity contribution is 0.628. The Kier molecular flexibility index (Phi) is 6.21. The quantitative estimate of drug-likeness (QED) is 0.361. The Hall–Kier alpha value is -2.70. The molecule has 2 aromatic carbocycles. The van der Waals surface area contributed by atoms with E-state index in [1.807, 2.05) is 18.3 Å². The number of nitrogens with one attached hydrogen (secondary N) is 2. The van der Waals surface area contributed by atoms with Crippen LogP contribution in [0, 0.1) is 12.7 Å². The highest BCUT2D eigenvalue weighted by atomic mass is 35.5. The molecule has 3 rings (SSSR count). The Bertz CT molecular complexity index is 966. The van der Waals surface area contributed by atoms with E-state index in [-0.39, 0.29) is 10.1 Å². The molecule has 0 saturated carbocycles. The molecule has 4 nitrogen and oxygen atoms in total. The number of halogens is 2. The van der Waals surface area contributed by atoms with Crippen molar-refractivity contribution >= 4 is 40.8 Å². The monoisotopic (exact) mass is 400 g/mol. The summed E-state index contributed by atoms with van der Waals surface area (Å²) in [5, 5.41) is 7.37. The van der Waals surface area contributed by atoms with Gasteiger partial charge in [-0.3, -0.25) is 5.43 Å². The van der Waals surface area contributed by atoms with Gasteiger partial charge in [-0.25, -0.2) is 4.39 Å². The zero-order valence-corrected chi connectivity index (χ0v) is 16.2. The summed E-state index contributed by atoms with van der Waals surface area (Å²) >= 11 is 10.9. The van der Waals surface area contributed by atoms with Crippen LogP contribution in [-0.2, 0) is 6.54 Å². The highest BCUT2D eigenvalue weighted by Crippen LogP contribution is 2.19. The van der Waals surface area contributed by atoms with E-state index in [4.69, 9.17) is 23.8 Å². The second-order valence-corrected chi connectivity index (χ2v) is 6.82. The Morgan fingerprint density at radius 2 is 2.00 bits per heavy atom. The third-order valence-corrected chi connectivity index (χ3v) is 4.36. The first kappa shape index (κ1) is 19.1. The molecular formula is C20H18ClFN4S. The number of aromatic nitrogens is 1. The number of aryl methyl sites for hydroxylation is 1. The van der Waals surface area contributed by atoms with E-state index in [2.05, 4.69) is 51.6 Å². The van der Waals surface area contributed by atoms with Gasteiger partial charge in [0.15, 0.2) is 5.11 Å². The zero-order valence-electron chi connectivity index (χ0n) is 14.6. The van der Waals surface area contributed by atoms with Gasteiger partial charge in [-0.05, 0) is 55.0 Å². The largest absolute Gasteiger partial charge is 0.342 e. The maximum absolute atomic E-state index is 13.2. The lowest BCUT2D eigenvalue weighted by Crippen LogP contribution is -2.24. The summed E-state index contributed by atoms with van der Waals surface area (Å²) in [6.07, 6.45) is 3.69. The van der Waals surface area contributed by atoms with Gasteiger partial charge in [-0.2, -0.15) is 5.10 Å². The fraction of sp³-hybridized carbons (Fsp3) is 0.100. The van der Waals surface area contributed by atoms with E-state index in [0.29, 0.717) is 5.69 Å². The summed E-state index contributed by atoms with van der Waals surface area (Å²) < 4.78 is 15.3. The van der Waals surface area contributed by atoms with Crippen molar-refractivity contribution in [1.82, 2.24) is 9.99 Å². The molecule has 0 amide bonds. The van der Waals surface area contributed by atoms with Gasteiger partial charge in [0.25, 0.3) is 0 Å². The number of thiocarbonyl (C=S) groups is 1. The van der Waals surface area contributed by atoms with Crippen molar-refractivity contribution in [3.8, 4) is 0 Å². The molecule has 0 atom stereocenters. The summed E-state index contributed by atoms with van der Waals surface area (Å²) in [5.74, 6) is -0.478. The average molecular weight is 401 g/mol. The maximum atomic E-state index is 13.2. The first-order valence-electron chi connectivity index (χ1n) is 8.27. The van der Waals surface area contributed by atoms with Crippen LogP contribution in [0.1, 0.15) is 16.8 Å². The SMILES string of the molecule is Cc1ccc(Cn2cccc2C=NNC(=S)Nc2ccc(F)c(Cl)c2)cc1. The molecule has 0 aliphatic rings. The molecule has 0 spiro atoms. The fourth-order valence-corrected chi connectivity index (χ4v) is 2.82. The van der Waals surface area contributed by atoms with Crippen molar-refractivity contribution in [2.75, 3.05) is 5.32 Å². The summed E-state index contributed by atoms with van der Waals surface area (Å²) in [5.41, 5.74) is 6.71. The van der Waals surface area contributed by atoms with Crippen molar-refractivity contribution < 1.29 is 4.39 Å². The van der Waals surface area contributed by atoms with Crippen LogP contribution in [0.4, 0.5) is 10.1 Å². The van der Waals surface area contributed by atoms with Crippen LogP contribution in [0.2, 0.25) is 5.02 Å². The Labute approximate surface area is 167 Å². The smallest absolute Gasteiger partial charge is 0.191 e. The molecule has 0 aliphatic carbocycles. The fourth-order valence-electron chi connectivity index (χ4n) is 2.47. The summed E-state index contributed by atoms with van der Waals surface area (Å²) in [4.78, 5) is 0. The van der Waals surface area contributed by atoms with Gasteiger partial charge in [0, 0.05) is 18.4 Å². The van der Waals surface area contributed by atoms with Crippen LogP contribution in [0.3, 0.4) is 0 Å². The summed E-state index contributed by atoms with van der Waals surface area (Å²) in [7, 11) is 0. The number of anilines is 1. The van der Waals surface area contributed by atoms with Crippen LogP contribution in [-0.4, -0.2) is 15.9 Å². The number of benzene rings is 2. The lowest BCUT2D eigenvalue weighted by atomic mass is 10.1. The number of rotatable bonds is 5. The molecule has 0 bridgehead atoms. The minimum Gasteiger partial charge on any atom is -0.342 e. The van der Waals surface area contributed by atoms with Gasteiger partial charge in [-0.1, -0.05) is 41.4 Å².